The van der Waals surface area contributed by atoms with Crippen LogP contribution in [0.1, 0.15) is 74.5 Å². The van der Waals surface area contributed by atoms with Gasteiger partial charge < -0.3 is 19.5 Å². The molecule has 1 atom stereocenters. The number of rotatable bonds is 9. The minimum Gasteiger partial charge on any atom is -0.399 e. The third-order valence-electron chi connectivity index (χ3n) is 9.63. The molecule has 1 aromatic carbocycles. The molecule has 0 unspecified atom stereocenters. The Labute approximate surface area is 297 Å². The molecular formula is C34H38BF4N7O4S. The van der Waals surface area contributed by atoms with Crippen LogP contribution in [0.3, 0.4) is 0 Å². The summed E-state index contributed by atoms with van der Waals surface area (Å²) < 4.78 is 74.7. The summed E-state index contributed by atoms with van der Waals surface area (Å²) in [4.78, 5) is 38.0. The predicted octanol–water partition coefficient (Wildman–Crippen LogP) is 4.77. The first-order valence-corrected chi connectivity index (χ1v) is 17.2. The van der Waals surface area contributed by atoms with E-state index in [2.05, 4.69) is 24.8 Å². The van der Waals surface area contributed by atoms with Gasteiger partial charge in [-0.15, -0.1) is 0 Å². The molecule has 0 spiro atoms. The third kappa shape index (κ3) is 7.28. The van der Waals surface area contributed by atoms with Crippen LogP contribution in [0.25, 0.3) is 11.3 Å². The minimum absolute atomic E-state index is 0.0734. The Balaban J connectivity index is 1.29. The van der Waals surface area contributed by atoms with Gasteiger partial charge in [-0.25, -0.2) is 18.7 Å². The summed E-state index contributed by atoms with van der Waals surface area (Å²) in [6, 6.07) is 2.58. The van der Waals surface area contributed by atoms with Gasteiger partial charge in [-0.1, -0.05) is 6.07 Å². The lowest BCUT2D eigenvalue weighted by Crippen LogP contribution is -2.58. The van der Waals surface area contributed by atoms with Crippen LogP contribution in [-0.4, -0.2) is 77.3 Å². The molecule has 1 fully saturated rings. The van der Waals surface area contributed by atoms with Crippen molar-refractivity contribution in [1.82, 2.24) is 34.3 Å². The van der Waals surface area contributed by atoms with E-state index in [1.807, 2.05) is 27.7 Å². The number of hydrogen-bond acceptors (Lipinski definition) is 9. The maximum absolute atomic E-state index is 15.6. The van der Waals surface area contributed by atoms with Gasteiger partial charge in [0.05, 0.1) is 34.5 Å². The van der Waals surface area contributed by atoms with Gasteiger partial charge in [-0.3, -0.25) is 14.3 Å². The average Bonchev–Trinajstić information content (AvgIpc) is 3.74. The first kappa shape index (κ1) is 36.6. The number of hydrogen-bond donors (Lipinski definition) is 1. The van der Waals surface area contributed by atoms with E-state index in [0.29, 0.717) is 28.0 Å². The molecule has 1 N–H and O–H groups in total. The van der Waals surface area contributed by atoms with Crippen molar-refractivity contribution < 1.29 is 36.5 Å². The summed E-state index contributed by atoms with van der Waals surface area (Å²) in [5.41, 5.74) is -1.64. The van der Waals surface area contributed by atoms with Crippen molar-refractivity contribution in [2.45, 2.75) is 96.8 Å². The zero-order valence-corrected chi connectivity index (χ0v) is 30.1. The van der Waals surface area contributed by atoms with Crippen LogP contribution in [0.2, 0.25) is 0 Å². The van der Waals surface area contributed by atoms with E-state index in [-0.39, 0.29) is 37.2 Å². The Morgan fingerprint density at radius 3 is 2.37 bits per heavy atom. The number of fused-ring (bicyclic) bond motifs is 1. The fraction of sp³-hybridized carbons (Fsp3) is 0.471. The summed E-state index contributed by atoms with van der Waals surface area (Å²) in [5, 5.41) is 8.50. The second-order valence-corrected chi connectivity index (χ2v) is 15.2. The molecular weight excluding hydrogens is 689 g/mol. The SMILES string of the molecule is Cc1ncc(-c2cc(C(F)(F)F)nn2CC(C)(C)NC(=O)[C@@H](Cc2cnsc2)N2CCc3c(B4OC(C)(C)C(C)(C)O4)ccc(F)c3C2=O)cn1. The normalized spacial score (nSPS) is 17.8. The van der Waals surface area contributed by atoms with Crippen molar-refractivity contribution in [3.63, 3.8) is 0 Å². The van der Waals surface area contributed by atoms with Crippen molar-refractivity contribution in [1.29, 1.82) is 0 Å². The molecule has 1 saturated heterocycles. The van der Waals surface area contributed by atoms with Crippen LogP contribution < -0.4 is 10.8 Å². The molecule has 51 heavy (non-hydrogen) atoms. The molecule has 0 saturated carbocycles. The smallest absolute Gasteiger partial charge is 0.399 e. The molecule has 2 amide bonds. The summed E-state index contributed by atoms with van der Waals surface area (Å²) in [5.74, 6) is -1.53. The highest BCUT2D eigenvalue weighted by Crippen LogP contribution is 2.38. The molecule has 11 nitrogen and oxygen atoms in total. The lowest BCUT2D eigenvalue weighted by molar-refractivity contribution is -0.141. The van der Waals surface area contributed by atoms with E-state index < -0.39 is 59.4 Å². The van der Waals surface area contributed by atoms with Crippen molar-refractivity contribution in [2.24, 2.45) is 0 Å². The second kappa shape index (κ2) is 13.1. The van der Waals surface area contributed by atoms with Crippen LogP contribution >= 0.6 is 11.5 Å². The van der Waals surface area contributed by atoms with Crippen molar-refractivity contribution in [2.75, 3.05) is 6.54 Å². The second-order valence-electron chi connectivity index (χ2n) is 14.5. The Morgan fingerprint density at radius 1 is 1.10 bits per heavy atom. The Kier molecular flexibility index (Phi) is 9.38. The third-order valence-corrected chi connectivity index (χ3v) is 10.3. The summed E-state index contributed by atoms with van der Waals surface area (Å²) in [6.45, 7) is 12.5. The number of alkyl halides is 3. The first-order chi connectivity index (χ1) is 23.8. The van der Waals surface area contributed by atoms with Crippen molar-refractivity contribution in [3.05, 3.63) is 76.2 Å². The van der Waals surface area contributed by atoms with Crippen molar-refractivity contribution in [3.8, 4) is 11.3 Å². The maximum atomic E-state index is 15.6. The highest BCUT2D eigenvalue weighted by atomic mass is 32.1. The van der Waals surface area contributed by atoms with Gasteiger partial charge in [-0.2, -0.15) is 18.3 Å². The number of halogens is 4. The molecule has 6 rings (SSSR count). The molecule has 2 aliphatic rings. The predicted molar refractivity (Wildman–Crippen MR) is 182 cm³/mol. The standard InChI is InChI=1S/C34H38BF4N7O4S/c1-19-40-15-21(16-41-19)25-13-27(34(37,38)39)44-46(25)18-31(2,3)43-29(47)26(12-20-14-42-51-17-20)45-11-10-22-23(8-9-24(36)28(22)30(45)48)35-49-32(4,5)33(6,7)50-35/h8-9,13-17,26H,10-12,18H2,1-7H3,(H,43,47)/t26-/m1/s1. The van der Waals surface area contributed by atoms with Crippen molar-refractivity contribution >= 4 is 35.9 Å². The molecule has 0 aliphatic carbocycles. The Morgan fingerprint density at radius 2 is 1.76 bits per heavy atom. The summed E-state index contributed by atoms with van der Waals surface area (Å²) >= 11 is 1.18. The number of carbonyl (C=O) groups excluding carboxylic acids is 2. The van der Waals surface area contributed by atoms with E-state index in [4.69, 9.17) is 9.31 Å². The van der Waals surface area contributed by atoms with Crippen LogP contribution in [-0.2, 0) is 39.7 Å². The lowest BCUT2D eigenvalue weighted by atomic mass is 9.72. The lowest BCUT2D eigenvalue weighted by Gasteiger charge is -2.37. The molecule has 2 aliphatic heterocycles. The van der Waals surface area contributed by atoms with Crippen LogP contribution in [0.4, 0.5) is 17.6 Å². The number of nitrogens with zero attached hydrogens (tertiary/aromatic N) is 6. The van der Waals surface area contributed by atoms with Gasteiger partial charge in [0, 0.05) is 42.5 Å². The van der Waals surface area contributed by atoms with E-state index in [9.17, 15) is 22.8 Å². The number of aryl methyl sites for hydroxylation is 1. The van der Waals surface area contributed by atoms with Gasteiger partial charge in [0.2, 0.25) is 5.91 Å². The maximum Gasteiger partial charge on any atom is 0.495 e. The van der Waals surface area contributed by atoms with Crippen LogP contribution in [0.5, 0.6) is 0 Å². The number of aromatic nitrogens is 5. The molecule has 5 heterocycles. The molecule has 3 aromatic heterocycles. The Bertz CT molecular complexity index is 1930. The summed E-state index contributed by atoms with van der Waals surface area (Å²) in [7, 11) is -0.822. The van der Waals surface area contributed by atoms with Gasteiger partial charge in [0.1, 0.15) is 17.7 Å². The number of carbonyl (C=O) groups is 2. The zero-order valence-electron chi connectivity index (χ0n) is 29.3. The topological polar surface area (TPSA) is 124 Å². The van der Waals surface area contributed by atoms with Gasteiger partial charge >= 0.3 is 13.3 Å². The molecule has 270 valence electrons. The number of benzene rings is 1. The first-order valence-electron chi connectivity index (χ1n) is 16.4. The van der Waals surface area contributed by atoms with Crippen LogP contribution in [0, 0.1) is 12.7 Å². The Hall–Kier alpha value is -4.22. The zero-order chi connectivity index (χ0) is 37.1. The number of nitrogens with one attached hydrogen (secondary N) is 1. The van der Waals surface area contributed by atoms with E-state index in [0.717, 1.165) is 10.7 Å². The summed E-state index contributed by atoms with van der Waals surface area (Å²) in [6.07, 6.45) is -0.0191. The van der Waals surface area contributed by atoms with E-state index in [1.165, 1.54) is 34.9 Å². The van der Waals surface area contributed by atoms with Crippen LogP contribution in [0.15, 0.2) is 42.2 Å². The van der Waals surface area contributed by atoms with E-state index >= 15 is 4.39 Å². The molecule has 0 radical (unpaired) electrons. The fourth-order valence-electron chi connectivity index (χ4n) is 6.26. The fourth-order valence-corrected chi connectivity index (χ4v) is 6.81. The van der Waals surface area contributed by atoms with E-state index in [1.54, 1.807) is 38.4 Å². The molecule has 17 heteroatoms. The van der Waals surface area contributed by atoms with Gasteiger partial charge in [0.25, 0.3) is 5.91 Å². The molecule has 0 bridgehead atoms. The quantitative estimate of drug-likeness (QED) is 0.193. The van der Waals surface area contributed by atoms with Gasteiger partial charge in [-0.05, 0) is 95.1 Å². The highest BCUT2D eigenvalue weighted by molar-refractivity contribution is 7.03. The molecule has 4 aromatic rings. The van der Waals surface area contributed by atoms with Gasteiger partial charge in [0.15, 0.2) is 5.69 Å². The largest absolute Gasteiger partial charge is 0.495 e. The average molecular weight is 728 g/mol. The minimum atomic E-state index is -4.72. The monoisotopic (exact) mass is 727 g/mol. The number of amides is 2. The highest BCUT2D eigenvalue weighted by Gasteiger charge is 2.53.